The number of hydrogen-bond acceptors (Lipinski definition) is 9. The van der Waals surface area contributed by atoms with Gasteiger partial charge in [0.2, 0.25) is 5.88 Å². The van der Waals surface area contributed by atoms with Crippen molar-refractivity contribution in [3.05, 3.63) is 83.6 Å². The average molecular weight is 715 g/mol. The van der Waals surface area contributed by atoms with E-state index in [0.29, 0.717) is 17.4 Å². The van der Waals surface area contributed by atoms with Crippen LogP contribution in [0, 0.1) is 0 Å². The molecule has 0 unspecified atom stereocenters. The lowest BCUT2D eigenvalue weighted by Gasteiger charge is -2.26. The number of anilines is 1. The second kappa shape index (κ2) is 15.8. The highest BCUT2D eigenvalue weighted by molar-refractivity contribution is 7.91. The summed E-state index contributed by atoms with van der Waals surface area (Å²) in [4.78, 5) is 32.2. The van der Waals surface area contributed by atoms with Crippen molar-refractivity contribution in [3.63, 3.8) is 0 Å². The SMILES string of the molecule is CCS(=O)(=O)c1ccc([C@H](COC(=O)N(C)C)NC(=O)c2ccc(N3C[C@@H](Oc4ccc(C(F)(F)F)cn4)C[C@H]3COC(F)F)cc2)cc1. The van der Waals surface area contributed by atoms with E-state index >= 15 is 0 Å². The molecule has 2 aromatic carbocycles. The fourth-order valence-corrected chi connectivity index (χ4v) is 5.91. The Morgan fingerprint density at radius 1 is 1.04 bits per heavy atom. The Morgan fingerprint density at radius 3 is 2.27 bits per heavy atom. The molecule has 3 aromatic rings. The maximum atomic E-state index is 13.3. The number of ether oxygens (including phenoxy) is 3. The quantitative estimate of drug-likeness (QED) is 0.234. The molecule has 0 radical (unpaired) electrons. The third-order valence-electron chi connectivity index (χ3n) is 7.67. The van der Waals surface area contributed by atoms with Gasteiger partial charge >= 0.3 is 18.9 Å². The van der Waals surface area contributed by atoms with Gasteiger partial charge in [-0.3, -0.25) is 4.79 Å². The molecule has 0 aliphatic carbocycles. The summed E-state index contributed by atoms with van der Waals surface area (Å²) in [6.45, 7) is -1.97. The minimum atomic E-state index is -4.57. The first-order valence-corrected chi connectivity index (χ1v) is 16.7. The van der Waals surface area contributed by atoms with Gasteiger partial charge in [0.1, 0.15) is 12.7 Å². The molecule has 1 saturated heterocycles. The molecule has 1 fully saturated rings. The van der Waals surface area contributed by atoms with Crippen molar-refractivity contribution in [2.45, 2.75) is 49.2 Å². The maximum absolute atomic E-state index is 13.3. The van der Waals surface area contributed by atoms with Crippen LogP contribution in [-0.2, 0) is 25.5 Å². The van der Waals surface area contributed by atoms with Crippen LogP contribution in [0.1, 0.15) is 40.9 Å². The molecule has 11 nitrogen and oxygen atoms in total. The lowest BCUT2D eigenvalue weighted by atomic mass is 10.1. The normalized spacial score (nSPS) is 17.1. The van der Waals surface area contributed by atoms with Gasteiger partial charge in [-0.25, -0.2) is 18.2 Å². The van der Waals surface area contributed by atoms with Crippen molar-refractivity contribution in [2.24, 2.45) is 0 Å². The van der Waals surface area contributed by atoms with Crippen molar-refractivity contribution in [2.75, 3.05) is 44.5 Å². The predicted molar refractivity (Wildman–Crippen MR) is 167 cm³/mol. The Morgan fingerprint density at radius 2 is 1.71 bits per heavy atom. The lowest BCUT2D eigenvalue weighted by Crippen LogP contribution is -2.35. The van der Waals surface area contributed by atoms with Crippen LogP contribution in [0.15, 0.2) is 71.8 Å². The standard InChI is InChI=1S/C32H35F5N4O7S/c1-4-49(44,45)26-12-7-20(8-13-26)27(19-47-31(43)40(2)3)39-29(42)21-5-10-23(11-6-21)41-17-25(15-24(41)18-46-30(33)34)48-28-14-9-22(16-38-28)32(35,36)37/h5-14,16,24-25,27,30H,4,15,17-19H2,1-3H3,(H,39,42)/t24-,25-,27-/m0/s1. The number of rotatable bonds is 13. The number of carbonyl (C=O) groups is 2. The largest absolute Gasteiger partial charge is 0.472 e. The molecule has 266 valence electrons. The highest BCUT2D eigenvalue weighted by Gasteiger charge is 2.35. The minimum absolute atomic E-state index is 0.0622. The lowest BCUT2D eigenvalue weighted by molar-refractivity contribution is -0.138. The number of halogens is 5. The molecule has 0 saturated carbocycles. The summed E-state index contributed by atoms with van der Waals surface area (Å²) in [6, 6.07) is 12.5. The number of nitrogens with one attached hydrogen (secondary N) is 1. The van der Waals surface area contributed by atoms with Crippen LogP contribution in [0.5, 0.6) is 5.88 Å². The van der Waals surface area contributed by atoms with Crippen molar-refractivity contribution < 1.29 is 54.2 Å². The second-order valence-electron chi connectivity index (χ2n) is 11.3. The zero-order chi connectivity index (χ0) is 35.9. The Bertz CT molecular complexity index is 1670. The summed E-state index contributed by atoms with van der Waals surface area (Å²) in [6.07, 6.45) is -5.00. The third kappa shape index (κ3) is 10.0. The van der Waals surface area contributed by atoms with Gasteiger partial charge in [-0.1, -0.05) is 19.1 Å². The van der Waals surface area contributed by atoms with Gasteiger partial charge in [0, 0.05) is 44.0 Å². The van der Waals surface area contributed by atoms with Crippen LogP contribution in [-0.4, -0.2) is 88.7 Å². The van der Waals surface area contributed by atoms with Crippen LogP contribution in [0.2, 0.25) is 0 Å². The van der Waals surface area contributed by atoms with Gasteiger partial charge in [0.15, 0.2) is 9.84 Å². The van der Waals surface area contributed by atoms with Gasteiger partial charge in [0.05, 0.1) is 41.4 Å². The van der Waals surface area contributed by atoms with Crippen molar-refractivity contribution in [3.8, 4) is 5.88 Å². The monoisotopic (exact) mass is 714 g/mol. The van der Waals surface area contributed by atoms with Crippen molar-refractivity contribution >= 4 is 27.5 Å². The first-order chi connectivity index (χ1) is 23.1. The summed E-state index contributed by atoms with van der Waals surface area (Å²) >= 11 is 0. The van der Waals surface area contributed by atoms with E-state index in [-0.39, 0.29) is 48.3 Å². The van der Waals surface area contributed by atoms with E-state index in [0.717, 1.165) is 12.1 Å². The zero-order valence-corrected chi connectivity index (χ0v) is 27.5. The number of nitrogens with zero attached hydrogens (tertiary/aromatic N) is 3. The van der Waals surface area contributed by atoms with Gasteiger partial charge < -0.3 is 29.3 Å². The average Bonchev–Trinajstić information content (AvgIpc) is 3.47. The summed E-state index contributed by atoms with van der Waals surface area (Å²) in [5, 5.41) is 2.80. The van der Waals surface area contributed by atoms with E-state index in [4.69, 9.17) is 9.47 Å². The van der Waals surface area contributed by atoms with Gasteiger partial charge in [-0.05, 0) is 48.0 Å². The number of carbonyl (C=O) groups excluding carboxylic acids is 2. The number of amides is 2. The summed E-state index contributed by atoms with van der Waals surface area (Å²) in [5.41, 5.74) is 0.287. The van der Waals surface area contributed by atoms with E-state index in [1.54, 1.807) is 17.0 Å². The third-order valence-corrected chi connectivity index (χ3v) is 9.42. The number of aromatic nitrogens is 1. The molecule has 2 amide bonds. The minimum Gasteiger partial charge on any atom is -0.472 e. The number of pyridine rings is 1. The molecule has 17 heteroatoms. The molecular formula is C32H35F5N4O7S. The Balaban J connectivity index is 1.49. The molecule has 1 aromatic heterocycles. The Hall–Kier alpha value is -4.51. The highest BCUT2D eigenvalue weighted by Crippen LogP contribution is 2.32. The van der Waals surface area contributed by atoms with Crippen LogP contribution < -0.4 is 15.0 Å². The van der Waals surface area contributed by atoms with Crippen molar-refractivity contribution in [1.29, 1.82) is 0 Å². The molecule has 0 spiro atoms. The molecular weight excluding hydrogens is 679 g/mol. The van der Waals surface area contributed by atoms with Gasteiger partial charge in [0.25, 0.3) is 5.91 Å². The number of alkyl halides is 5. The number of hydrogen-bond donors (Lipinski definition) is 1. The smallest absolute Gasteiger partial charge is 0.417 e. The molecule has 1 N–H and O–H groups in total. The first kappa shape index (κ1) is 37.3. The fraction of sp³-hybridized carbons (Fsp3) is 0.406. The Kier molecular flexibility index (Phi) is 12.0. The van der Waals surface area contributed by atoms with E-state index in [2.05, 4.69) is 15.0 Å². The number of sulfone groups is 1. The Labute approximate surface area is 279 Å². The van der Waals surface area contributed by atoms with Crippen LogP contribution in [0.4, 0.5) is 32.4 Å². The summed E-state index contributed by atoms with van der Waals surface area (Å²) in [7, 11) is -0.485. The maximum Gasteiger partial charge on any atom is 0.417 e. The summed E-state index contributed by atoms with van der Waals surface area (Å²) in [5.74, 6) is -0.700. The zero-order valence-electron chi connectivity index (χ0n) is 26.7. The molecule has 2 heterocycles. The first-order valence-electron chi connectivity index (χ1n) is 15.0. The molecule has 0 bridgehead atoms. The van der Waals surface area contributed by atoms with Crippen LogP contribution >= 0.6 is 0 Å². The highest BCUT2D eigenvalue weighted by atomic mass is 32.2. The number of benzene rings is 2. The summed E-state index contributed by atoms with van der Waals surface area (Å²) < 4.78 is 105. The molecule has 1 aliphatic rings. The van der Waals surface area contributed by atoms with Gasteiger partial charge in [-0.15, -0.1) is 0 Å². The second-order valence-corrected chi connectivity index (χ2v) is 13.6. The van der Waals surface area contributed by atoms with Crippen molar-refractivity contribution in [1.82, 2.24) is 15.2 Å². The van der Waals surface area contributed by atoms with E-state index < -0.39 is 58.4 Å². The fourth-order valence-electron chi connectivity index (χ4n) is 5.03. The van der Waals surface area contributed by atoms with E-state index in [9.17, 15) is 40.0 Å². The topological polar surface area (TPSA) is 127 Å². The predicted octanol–water partition coefficient (Wildman–Crippen LogP) is 5.33. The molecule has 3 atom stereocenters. The molecule has 1 aliphatic heterocycles. The van der Waals surface area contributed by atoms with E-state index in [1.165, 1.54) is 62.3 Å². The van der Waals surface area contributed by atoms with E-state index in [1.807, 2.05) is 0 Å². The van der Waals surface area contributed by atoms with Crippen LogP contribution in [0.25, 0.3) is 0 Å². The van der Waals surface area contributed by atoms with Crippen LogP contribution in [0.3, 0.4) is 0 Å². The molecule has 49 heavy (non-hydrogen) atoms. The van der Waals surface area contributed by atoms with Gasteiger partial charge in [-0.2, -0.15) is 22.0 Å². The molecule has 4 rings (SSSR count).